The maximum absolute atomic E-state index is 12.9. The molecule has 0 bridgehead atoms. The summed E-state index contributed by atoms with van der Waals surface area (Å²) in [5.41, 5.74) is 1.83. The molecule has 3 rings (SSSR count). The van der Waals surface area contributed by atoms with Gasteiger partial charge < -0.3 is 14.8 Å². The van der Waals surface area contributed by atoms with Crippen LogP contribution in [0.4, 0.5) is 5.69 Å². The number of nitrogens with one attached hydrogen (secondary N) is 1. The second kappa shape index (κ2) is 9.74. The number of carbonyl (C=O) groups excluding carboxylic acids is 1. The first kappa shape index (κ1) is 23.1. The van der Waals surface area contributed by atoms with E-state index in [4.69, 9.17) is 9.47 Å². The van der Waals surface area contributed by atoms with Gasteiger partial charge in [-0.05, 0) is 73.2 Å². The van der Waals surface area contributed by atoms with Gasteiger partial charge in [0, 0.05) is 12.6 Å². The van der Waals surface area contributed by atoms with Crippen molar-refractivity contribution in [1.29, 1.82) is 0 Å². The lowest BCUT2D eigenvalue weighted by Gasteiger charge is -2.20. The lowest BCUT2D eigenvalue weighted by Crippen LogP contribution is -2.28. The number of nitrogens with zero attached hydrogens (tertiary/aromatic N) is 1. The van der Waals surface area contributed by atoms with E-state index in [1.54, 1.807) is 43.5 Å². The molecular weight excluding hydrogens is 428 g/mol. The van der Waals surface area contributed by atoms with E-state index in [-0.39, 0.29) is 16.8 Å². The number of carbonyl (C=O) groups is 1. The van der Waals surface area contributed by atoms with Crippen LogP contribution in [0.2, 0.25) is 0 Å². The van der Waals surface area contributed by atoms with Crippen molar-refractivity contribution in [3.63, 3.8) is 0 Å². The van der Waals surface area contributed by atoms with Gasteiger partial charge in [-0.3, -0.25) is 9.10 Å². The second-order valence-corrected chi connectivity index (χ2v) is 9.13. The van der Waals surface area contributed by atoms with Crippen LogP contribution in [-0.2, 0) is 10.0 Å². The predicted molar refractivity (Wildman–Crippen MR) is 124 cm³/mol. The Kier molecular flexibility index (Phi) is 7.05. The van der Waals surface area contributed by atoms with E-state index in [0.29, 0.717) is 17.0 Å². The number of methoxy groups -OCH3 is 2. The molecule has 0 aliphatic heterocycles. The highest BCUT2D eigenvalue weighted by atomic mass is 32.2. The first-order chi connectivity index (χ1) is 15.3. The Labute approximate surface area is 188 Å². The molecule has 0 fully saturated rings. The van der Waals surface area contributed by atoms with Gasteiger partial charge in [-0.25, -0.2) is 8.42 Å². The van der Waals surface area contributed by atoms with E-state index >= 15 is 0 Å². The highest BCUT2D eigenvalue weighted by molar-refractivity contribution is 7.92. The van der Waals surface area contributed by atoms with Gasteiger partial charge in [0.2, 0.25) is 0 Å². The molecule has 0 aliphatic carbocycles. The lowest BCUT2D eigenvalue weighted by atomic mass is 10.1. The molecule has 0 unspecified atom stereocenters. The summed E-state index contributed by atoms with van der Waals surface area (Å²) in [6, 6.07) is 19.9. The fraction of sp³-hybridized carbons (Fsp3) is 0.208. The highest BCUT2D eigenvalue weighted by Gasteiger charge is 2.22. The maximum Gasteiger partial charge on any atom is 0.264 e. The lowest BCUT2D eigenvalue weighted by molar-refractivity contribution is 0.0940. The number of benzene rings is 3. The average molecular weight is 455 g/mol. The molecular formula is C24H26N2O5S. The van der Waals surface area contributed by atoms with Gasteiger partial charge >= 0.3 is 0 Å². The van der Waals surface area contributed by atoms with Crippen LogP contribution in [0, 0.1) is 0 Å². The second-order valence-electron chi connectivity index (χ2n) is 7.16. The summed E-state index contributed by atoms with van der Waals surface area (Å²) in [7, 11) is 0.848. The Bertz CT molecular complexity index is 1160. The molecule has 3 aromatic carbocycles. The largest absolute Gasteiger partial charge is 0.497 e. The summed E-state index contributed by atoms with van der Waals surface area (Å²) in [6.45, 7) is 1.89. The molecule has 1 amide bonds. The number of hydrogen-bond acceptors (Lipinski definition) is 5. The van der Waals surface area contributed by atoms with Crippen molar-refractivity contribution < 1.29 is 22.7 Å². The van der Waals surface area contributed by atoms with Crippen molar-refractivity contribution in [2.75, 3.05) is 25.6 Å². The molecule has 0 saturated carbocycles. The van der Waals surface area contributed by atoms with Crippen LogP contribution in [0.25, 0.3) is 0 Å². The summed E-state index contributed by atoms with van der Waals surface area (Å²) >= 11 is 0. The molecule has 1 N–H and O–H groups in total. The summed E-state index contributed by atoms with van der Waals surface area (Å²) in [4.78, 5) is 12.8. The molecule has 0 aromatic heterocycles. The molecule has 7 nitrogen and oxygen atoms in total. The zero-order chi connectivity index (χ0) is 23.3. The third kappa shape index (κ3) is 5.03. The van der Waals surface area contributed by atoms with E-state index < -0.39 is 10.0 Å². The number of rotatable bonds is 8. The monoisotopic (exact) mass is 454 g/mol. The third-order valence-electron chi connectivity index (χ3n) is 5.17. The van der Waals surface area contributed by atoms with E-state index in [0.717, 1.165) is 11.3 Å². The minimum Gasteiger partial charge on any atom is -0.497 e. The predicted octanol–water partition coefficient (Wildman–Crippen LogP) is 4.02. The summed E-state index contributed by atoms with van der Waals surface area (Å²) in [6.07, 6.45) is 0. The van der Waals surface area contributed by atoms with Crippen molar-refractivity contribution in [2.24, 2.45) is 0 Å². The highest BCUT2D eigenvalue weighted by Crippen LogP contribution is 2.24. The van der Waals surface area contributed by atoms with Crippen molar-refractivity contribution >= 4 is 21.6 Å². The van der Waals surface area contributed by atoms with Gasteiger partial charge in [0.25, 0.3) is 15.9 Å². The average Bonchev–Trinajstić information content (AvgIpc) is 2.83. The van der Waals surface area contributed by atoms with Crippen LogP contribution in [0.1, 0.15) is 28.9 Å². The van der Waals surface area contributed by atoms with Crippen LogP contribution in [0.3, 0.4) is 0 Å². The van der Waals surface area contributed by atoms with Crippen LogP contribution in [-0.4, -0.2) is 35.6 Å². The van der Waals surface area contributed by atoms with Crippen LogP contribution in [0.5, 0.6) is 11.5 Å². The SMILES string of the molecule is COc1ccc([C@@H](C)NC(=O)c2ccc(N(C)S(=O)(=O)c3ccc(OC)cc3)cc2)cc1. The quantitative estimate of drug-likeness (QED) is 0.556. The minimum atomic E-state index is -3.74. The molecule has 1 atom stereocenters. The zero-order valence-corrected chi connectivity index (χ0v) is 19.2. The zero-order valence-electron chi connectivity index (χ0n) is 18.4. The molecule has 168 valence electrons. The Morgan fingerprint density at radius 1 is 0.844 bits per heavy atom. The Hall–Kier alpha value is -3.52. The van der Waals surface area contributed by atoms with Gasteiger partial charge in [-0.15, -0.1) is 0 Å². The smallest absolute Gasteiger partial charge is 0.264 e. The van der Waals surface area contributed by atoms with E-state index in [1.165, 1.54) is 30.6 Å². The number of sulfonamides is 1. The normalized spacial score (nSPS) is 12.0. The van der Waals surface area contributed by atoms with E-state index in [9.17, 15) is 13.2 Å². The van der Waals surface area contributed by atoms with Crippen LogP contribution >= 0.6 is 0 Å². The molecule has 8 heteroatoms. The fourth-order valence-electron chi connectivity index (χ4n) is 3.12. The van der Waals surface area contributed by atoms with E-state index in [1.807, 2.05) is 31.2 Å². The van der Waals surface area contributed by atoms with Gasteiger partial charge in [-0.2, -0.15) is 0 Å². The Morgan fingerprint density at radius 2 is 1.34 bits per heavy atom. The number of anilines is 1. The topological polar surface area (TPSA) is 84.9 Å². The molecule has 0 radical (unpaired) electrons. The number of hydrogen-bond donors (Lipinski definition) is 1. The summed E-state index contributed by atoms with van der Waals surface area (Å²) in [5.74, 6) is 1.07. The molecule has 0 heterocycles. The van der Waals surface area contributed by atoms with Crippen molar-refractivity contribution in [3.05, 3.63) is 83.9 Å². The standard InChI is InChI=1S/C24H26N2O5S/c1-17(18-7-11-21(30-3)12-8-18)25-24(27)19-5-9-20(10-6-19)26(2)32(28,29)23-15-13-22(31-4)14-16-23/h5-17H,1-4H3,(H,25,27)/t17-/m1/s1. The molecule has 0 aliphatic rings. The number of ether oxygens (including phenoxy) is 2. The molecule has 0 spiro atoms. The van der Waals surface area contributed by atoms with Gasteiger partial charge in [-0.1, -0.05) is 12.1 Å². The first-order valence-corrected chi connectivity index (χ1v) is 11.4. The first-order valence-electron chi connectivity index (χ1n) is 9.94. The van der Waals surface area contributed by atoms with Crippen LogP contribution in [0.15, 0.2) is 77.7 Å². The summed E-state index contributed by atoms with van der Waals surface area (Å²) in [5, 5.41) is 2.94. The molecule has 32 heavy (non-hydrogen) atoms. The Morgan fingerprint density at radius 3 is 1.84 bits per heavy atom. The number of amides is 1. The van der Waals surface area contributed by atoms with E-state index in [2.05, 4.69) is 5.32 Å². The minimum absolute atomic E-state index is 0.149. The van der Waals surface area contributed by atoms with Gasteiger partial charge in [0.1, 0.15) is 11.5 Å². The maximum atomic E-state index is 12.9. The molecule has 3 aromatic rings. The van der Waals surface area contributed by atoms with Gasteiger partial charge in [0.05, 0.1) is 30.8 Å². The molecule has 0 saturated heterocycles. The van der Waals surface area contributed by atoms with Crippen LogP contribution < -0.4 is 19.1 Å². The fourth-order valence-corrected chi connectivity index (χ4v) is 4.32. The third-order valence-corrected chi connectivity index (χ3v) is 6.97. The van der Waals surface area contributed by atoms with Crippen molar-refractivity contribution in [2.45, 2.75) is 17.9 Å². The van der Waals surface area contributed by atoms with Crippen molar-refractivity contribution in [1.82, 2.24) is 5.32 Å². The Balaban J connectivity index is 1.70. The summed E-state index contributed by atoms with van der Waals surface area (Å²) < 4.78 is 37.2. The van der Waals surface area contributed by atoms with Crippen molar-refractivity contribution in [3.8, 4) is 11.5 Å². The van der Waals surface area contributed by atoms with Gasteiger partial charge in [0.15, 0.2) is 0 Å².